The standard InChI is InChI=1S/C28H31FN4O3/c1-19-26(20(2)36-32-19)18-35-25-13-11-21(12-14-25)28(34)33(3)15-6-4-5-10-24-17-27(31-30-24)22-8-7-9-23(29)16-22/h7-9,11-14,16-17H,4-6,10,15,18H2,1-3H3,(H,30,31). The van der Waals surface area contributed by atoms with Gasteiger partial charge in [0.2, 0.25) is 0 Å². The number of hydrogen-bond acceptors (Lipinski definition) is 5. The Morgan fingerprint density at radius 2 is 1.89 bits per heavy atom. The first-order valence-electron chi connectivity index (χ1n) is 12.1. The van der Waals surface area contributed by atoms with Gasteiger partial charge in [0.1, 0.15) is 23.9 Å². The van der Waals surface area contributed by atoms with Crippen molar-refractivity contribution in [1.82, 2.24) is 20.3 Å². The van der Waals surface area contributed by atoms with Crippen LogP contribution in [-0.2, 0) is 13.0 Å². The molecule has 8 heteroatoms. The van der Waals surface area contributed by atoms with Gasteiger partial charge in [0.15, 0.2) is 0 Å². The highest BCUT2D eigenvalue weighted by molar-refractivity contribution is 5.94. The van der Waals surface area contributed by atoms with Crippen LogP contribution in [0, 0.1) is 19.7 Å². The van der Waals surface area contributed by atoms with E-state index in [2.05, 4.69) is 15.4 Å². The molecule has 36 heavy (non-hydrogen) atoms. The van der Waals surface area contributed by atoms with E-state index in [1.165, 1.54) is 12.1 Å². The number of ether oxygens (including phenoxy) is 1. The minimum atomic E-state index is -0.270. The minimum Gasteiger partial charge on any atom is -0.489 e. The quantitative estimate of drug-likeness (QED) is 0.265. The maximum Gasteiger partial charge on any atom is 0.253 e. The number of H-pyrrole nitrogens is 1. The zero-order chi connectivity index (χ0) is 25.5. The van der Waals surface area contributed by atoms with Gasteiger partial charge in [0, 0.05) is 30.4 Å². The third-order valence-electron chi connectivity index (χ3n) is 6.20. The van der Waals surface area contributed by atoms with Crippen molar-refractivity contribution in [3.63, 3.8) is 0 Å². The summed E-state index contributed by atoms with van der Waals surface area (Å²) in [5.41, 5.74) is 4.92. The van der Waals surface area contributed by atoms with Gasteiger partial charge in [-0.05, 0) is 75.6 Å². The topological polar surface area (TPSA) is 84.2 Å². The van der Waals surface area contributed by atoms with E-state index >= 15 is 0 Å². The summed E-state index contributed by atoms with van der Waals surface area (Å²) in [7, 11) is 1.82. The Bertz CT molecular complexity index is 1280. The normalized spacial score (nSPS) is 11.0. The van der Waals surface area contributed by atoms with Crippen molar-refractivity contribution in [2.45, 2.75) is 46.1 Å². The first kappa shape index (κ1) is 25.2. The Kier molecular flexibility index (Phi) is 8.15. The van der Waals surface area contributed by atoms with Gasteiger partial charge in [-0.1, -0.05) is 23.7 Å². The van der Waals surface area contributed by atoms with Crippen LogP contribution in [0.2, 0.25) is 0 Å². The maximum absolute atomic E-state index is 13.4. The number of nitrogens with zero attached hydrogens (tertiary/aromatic N) is 3. The van der Waals surface area contributed by atoms with Crippen LogP contribution in [-0.4, -0.2) is 39.8 Å². The van der Waals surface area contributed by atoms with Gasteiger partial charge in [-0.15, -0.1) is 0 Å². The summed E-state index contributed by atoms with van der Waals surface area (Å²) in [5.74, 6) is 1.15. The average molecular weight is 491 g/mol. The van der Waals surface area contributed by atoms with E-state index in [9.17, 15) is 9.18 Å². The molecule has 0 aliphatic carbocycles. The summed E-state index contributed by atoms with van der Waals surface area (Å²) in [4.78, 5) is 14.5. The van der Waals surface area contributed by atoms with Crippen LogP contribution >= 0.6 is 0 Å². The predicted octanol–water partition coefficient (Wildman–Crippen LogP) is 5.88. The monoisotopic (exact) mass is 490 g/mol. The molecule has 2 aromatic heterocycles. The molecule has 0 unspecified atom stereocenters. The second-order valence-electron chi connectivity index (χ2n) is 8.94. The molecule has 0 fully saturated rings. The number of aryl methyl sites for hydroxylation is 3. The highest BCUT2D eigenvalue weighted by atomic mass is 19.1. The summed E-state index contributed by atoms with van der Waals surface area (Å²) in [5, 5.41) is 11.3. The minimum absolute atomic E-state index is 0.0134. The zero-order valence-corrected chi connectivity index (χ0v) is 20.9. The zero-order valence-electron chi connectivity index (χ0n) is 20.9. The third-order valence-corrected chi connectivity index (χ3v) is 6.20. The molecule has 7 nitrogen and oxygen atoms in total. The molecule has 4 aromatic rings. The van der Waals surface area contributed by atoms with E-state index in [0.717, 1.165) is 59.7 Å². The Hall–Kier alpha value is -3.94. The highest BCUT2D eigenvalue weighted by Crippen LogP contribution is 2.20. The molecule has 0 spiro atoms. The van der Waals surface area contributed by atoms with E-state index in [-0.39, 0.29) is 11.7 Å². The van der Waals surface area contributed by atoms with Crippen LogP contribution in [0.1, 0.15) is 52.3 Å². The van der Waals surface area contributed by atoms with Crippen LogP contribution in [0.3, 0.4) is 0 Å². The lowest BCUT2D eigenvalue weighted by atomic mass is 10.1. The Morgan fingerprint density at radius 3 is 2.61 bits per heavy atom. The molecule has 1 N–H and O–H groups in total. The average Bonchev–Trinajstić information content (AvgIpc) is 3.48. The lowest BCUT2D eigenvalue weighted by Crippen LogP contribution is -2.27. The molecule has 188 valence electrons. The van der Waals surface area contributed by atoms with Crippen molar-refractivity contribution < 1.29 is 18.4 Å². The lowest BCUT2D eigenvalue weighted by molar-refractivity contribution is 0.0792. The fourth-order valence-electron chi connectivity index (χ4n) is 4.01. The largest absolute Gasteiger partial charge is 0.489 e. The van der Waals surface area contributed by atoms with Crippen LogP contribution in [0.5, 0.6) is 5.75 Å². The van der Waals surface area contributed by atoms with Crippen LogP contribution in [0.4, 0.5) is 4.39 Å². The molecule has 0 bridgehead atoms. The number of benzene rings is 2. The molecule has 0 atom stereocenters. The number of rotatable bonds is 11. The number of nitrogens with one attached hydrogen (secondary N) is 1. The van der Waals surface area contributed by atoms with Crippen molar-refractivity contribution >= 4 is 5.91 Å². The first-order chi connectivity index (χ1) is 17.4. The van der Waals surface area contributed by atoms with Crippen molar-refractivity contribution in [2.24, 2.45) is 0 Å². The summed E-state index contributed by atoms with van der Waals surface area (Å²) in [6, 6.07) is 15.6. The molecule has 2 heterocycles. The smallest absolute Gasteiger partial charge is 0.253 e. The summed E-state index contributed by atoms with van der Waals surface area (Å²) < 4.78 is 24.4. The Balaban J connectivity index is 1.17. The van der Waals surface area contributed by atoms with E-state index in [0.29, 0.717) is 24.5 Å². The van der Waals surface area contributed by atoms with Crippen molar-refractivity contribution in [2.75, 3.05) is 13.6 Å². The van der Waals surface area contributed by atoms with E-state index < -0.39 is 0 Å². The number of aromatic amines is 1. The molecule has 0 aliphatic heterocycles. The number of hydrogen-bond donors (Lipinski definition) is 1. The fourth-order valence-corrected chi connectivity index (χ4v) is 4.01. The third kappa shape index (κ3) is 6.38. The summed E-state index contributed by atoms with van der Waals surface area (Å²) in [6.07, 6.45) is 3.73. The summed E-state index contributed by atoms with van der Waals surface area (Å²) in [6.45, 7) is 4.80. The van der Waals surface area contributed by atoms with Gasteiger partial charge in [-0.25, -0.2) is 4.39 Å². The molecule has 0 aliphatic rings. The predicted molar refractivity (Wildman–Crippen MR) is 135 cm³/mol. The molecule has 4 rings (SSSR count). The van der Waals surface area contributed by atoms with Gasteiger partial charge in [0.05, 0.1) is 17.0 Å². The molecule has 1 amide bonds. The van der Waals surface area contributed by atoms with Crippen molar-refractivity contribution in [1.29, 1.82) is 0 Å². The second kappa shape index (κ2) is 11.7. The van der Waals surface area contributed by atoms with E-state index in [4.69, 9.17) is 9.26 Å². The molecule has 0 radical (unpaired) electrons. The summed E-state index contributed by atoms with van der Waals surface area (Å²) >= 11 is 0. The van der Waals surface area contributed by atoms with Gasteiger partial charge in [-0.3, -0.25) is 9.89 Å². The Morgan fingerprint density at radius 1 is 1.08 bits per heavy atom. The Labute approximate surface area is 210 Å². The van der Waals surface area contributed by atoms with E-state index in [1.54, 1.807) is 23.1 Å². The number of unbranched alkanes of at least 4 members (excludes halogenated alkanes) is 2. The van der Waals surface area contributed by atoms with Crippen LogP contribution < -0.4 is 4.74 Å². The maximum atomic E-state index is 13.4. The molecule has 0 saturated carbocycles. The first-order valence-corrected chi connectivity index (χ1v) is 12.1. The molecular weight excluding hydrogens is 459 g/mol. The second-order valence-corrected chi connectivity index (χ2v) is 8.94. The van der Waals surface area contributed by atoms with Crippen LogP contribution in [0.15, 0.2) is 59.1 Å². The van der Waals surface area contributed by atoms with Gasteiger partial charge < -0.3 is 14.2 Å². The lowest BCUT2D eigenvalue weighted by Gasteiger charge is -2.17. The van der Waals surface area contributed by atoms with E-state index in [1.807, 2.05) is 45.2 Å². The van der Waals surface area contributed by atoms with Crippen LogP contribution in [0.25, 0.3) is 11.3 Å². The number of aromatic nitrogens is 3. The number of carbonyl (C=O) groups excluding carboxylic acids is 1. The SMILES string of the molecule is Cc1noc(C)c1COc1ccc(C(=O)N(C)CCCCCc2cc(-c3cccc(F)c3)n[nH]2)cc1. The van der Waals surface area contributed by atoms with Crippen molar-refractivity contribution in [3.05, 3.63) is 88.7 Å². The fraction of sp³-hybridized carbons (Fsp3) is 0.321. The number of halogens is 1. The van der Waals surface area contributed by atoms with Gasteiger partial charge in [-0.2, -0.15) is 5.10 Å². The number of amides is 1. The molecular formula is C28H31FN4O3. The highest BCUT2D eigenvalue weighted by Gasteiger charge is 2.13. The van der Waals surface area contributed by atoms with Crippen molar-refractivity contribution in [3.8, 4) is 17.0 Å². The molecule has 2 aromatic carbocycles. The van der Waals surface area contributed by atoms with Gasteiger partial charge >= 0.3 is 0 Å². The number of carbonyl (C=O) groups is 1. The van der Waals surface area contributed by atoms with Gasteiger partial charge in [0.25, 0.3) is 5.91 Å². The molecule has 0 saturated heterocycles.